The summed E-state index contributed by atoms with van der Waals surface area (Å²) in [6.07, 6.45) is 0. The van der Waals surface area contributed by atoms with Crippen molar-refractivity contribution in [1.29, 1.82) is 0 Å². The van der Waals surface area contributed by atoms with Crippen LogP contribution in [0.4, 0.5) is 0 Å². The monoisotopic (exact) mass is 344 g/mol. The van der Waals surface area contributed by atoms with E-state index in [2.05, 4.69) is 4.98 Å². The first-order valence-corrected chi connectivity index (χ1v) is 8.60. The summed E-state index contributed by atoms with van der Waals surface area (Å²) < 4.78 is 0. The Morgan fingerprint density at radius 2 is 2.09 bits per heavy atom. The standard InChI is InChI=1S/C18H17ClN2OS/c1-11-15(10-13-9-14(19)6-7-16(13)20-11)18(22)21(3)12(2)17-5-4-8-23-17/h4-10,12H,1-3H3/t12-/m1/s1. The molecule has 5 heteroatoms. The van der Waals surface area contributed by atoms with Gasteiger partial charge < -0.3 is 4.90 Å². The van der Waals surface area contributed by atoms with Crippen LogP contribution in [-0.4, -0.2) is 22.8 Å². The highest BCUT2D eigenvalue weighted by Crippen LogP contribution is 2.27. The third-order valence-electron chi connectivity index (χ3n) is 4.05. The zero-order valence-corrected chi connectivity index (χ0v) is 14.8. The molecule has 0 fully saturated rings. The molecular formula is C18H17ClN2OS. The van der Waals surface area contributed by atoms with Crippen LogP contribution in [0.15, 0.2) is 41.8 Å². The molecule has 2 aromatic heterocycles. The minimum atomic E-state index is -0.0298. The molecule has 0 saturated carbocycles. The average molecular weight is 345 g/mol. The molecule has 0 saturated heterocycles. The van der Waals surface area contributed by atoms with E-state index in [4.69, 9.17) is 11.6 Å². The fraction of sp³-hybridized carbons (Fsp3) is 0.222. The summed E-state index contributed by atoms with van der Waals surface area (Å²) in [6, 6.07) is 11.5. The molecule has 0 N–H and O–H groups in total. The van der Waals surface area contributed by atoms with Gasteiger partial charge in [-0.3, -0.25) is 9.78 Å². The van der Waals surface area contributed by atoms with Crippen LogP contribution in [0.5, 0.6) is 0 Å². The molecule has 0 spiro atoms. The molecule has 1 aromatic carbocycles. The smallest absolute Gasteiger partial charge is 0.255 e. The molecule has 3 rings (SSSR count). The Bertz CT molecular complexity index is 861. The number of amides is 1. The van der Waals surface area contributed by atoms with Gasteiger partial charge in [-0.15, -0.1) is 11.3 Å². The third-order valence-corrected chi connectivity index (χ3v) is 5.33. The number of nitrogens with zero attached hydrogens (tertiary/aromatic N) is 2. The van der Waals surface area contributed by atoms with E-state index in [9.17, 15) is 4.79 Å². The molecule has 118 valence electrons. The first kappa shape index (κ1) is 16.0. The lowest BCUT2D eigenvalue weighted by Gasteiger charge is -2.24. The quantitative estimate of drug-likeness (QED) is 0.663. The van der Waals surface area contributed by atoms with Crippen LogP contribution >= 0.6 is 22.9 Å². The molecule has 1 atom stereocenters. The summed E-state index contributed by atoms with van der Waals surface area (Å²) in [4.78, 5) is 20.3. The van der Waals surface area contributed by atoms with E-state index in [1.165, 1.54) is 0 Å². The van der Waals surface area contributed by atoms with E-state index in [1.54, 1.807) is 16.2 Å². The van der Waals surface area contributed by atoms with Gasteiger partial charge in [0.1, 0.15) is 0 Å². The zero-order chi connectivity index (χ0) is 16.6. The highest BCUT2D eigenvalue weighted by molar-refractivity contribution is 7.10. The molecule has 3 aromatic rings. The molecule has 2 heterocycles. The number of aromatic nitrogens is 1. The topological polar surface area (TPSA) is 33.2 Å². The number of benzene rings is 1. The highest BCUT2D eigenvalue weighted by Gasteiger charge is 2.22. The Labute approximate surface area is 144 Å². The Kier molecular flexibility index (Phi) is 4.37. The number of hydrogen-bond acceptors (Lipinski definition) is 3. The number of hydrogen-bond donors (Lipinski definition) is 0. The Morgan fingerprint density at radius 3 is 2.78 bits per heavy atom. The number of carbonyl (C=O) groups is 1. The maximum Gasteiger partial charge on any atom is 0.255 e. The summed E-state index contributed by atoms with van der Waals surface area (Å²) in [5.41, 5.74) is 2.19. The third kappa shape index (κ3) is 3.09. The molecule has 1 amide bonds. The molecule has 0 unspecified atom stereocenters. The van der Waals surface area contributed by atoms with Crippen molar-refractivity contribution in [3.8, 4) is 0 Å². The van der Waals surface area contributed by atoms with Crippen molar-refractivity contribution in [1.82, 2.24) is 9.88 Å². The number of fused-ring (bicyclic) bond motifs is 1. The first-order valence-electron chi connectivity index (χ1n) is 7.35. The van der Waals surface area contributed by atoms with E-state index in [0.717, 1.165) is 21.5 Å². The Morgan fingerprint density at radius 1 is 1.30 bits per heavy atom. The van der Waals surface area contributed by atoms with Crippen molar-refractivity contribution in [2.24, 2.45) is 0 Å². The van der Waals surface area contributed by atoms with Gasteiger partial charge in [0, 0.05) is 22.3 Å². The Balaban J connectivity index is 1.98. The number of halogens is 1. The molecule has 0 bridgehead atoms. The Hall–Kier alpha value is -1.91. The van der Waals surface area contributed by atoms with Crippen molar-refractivity contribution in [2.45, 2.75) is 19.9 Å². The lowest BCUT2D eigenvalue weighted by molar-refractivity contribution is 0.0744. The van der Waals surface area contributed by atoms with Crippen LogP contribution < -0.4 is 0 Å². The largest absolute Gasteiger partial charge is 0.334 e. The summed E-state index contributed by atoms with van der Waals surface area (Å²) in [6.45, 7) is 3.90. The van der Waals surface area contributed by atoms with E-state index >= 15 is 0 Å². The molecule has 23 heavy (non-hydrogen) atoms. The van der Waals surface area contributed by atoms with Crippen molar-refractivity contribution in [3.63, 3.8) is 0 Å². The van der Waals surface area contributed by atoms with Gasteiger partial charge in [0.25, 0.3) is 5.91 Å². The van der Waals surface area contributed by atoms with Gasteiger partial charge in [0.05, 0.1) is 22.8 Å². The van der Waals surface area contributed by atoms with Crippen molar-refractivity contribution in [3.05, 3.63) is 62.9 Å². The molecule has 0 aliphatic rings. The zero-order valence-electron chi connectivity index (χ0n) is 13.2. The second-order valence-electron chi connectivity index (χ2n) is 5.57. The summed E-state index contributed by atoms with van der Waals surface area (Å²) in [5.74, 6) is -0.0298. The molecule has 0 radical (unpaired) electrons. The van der Waals surface area contributed by atoms with Crippen LogP contribution in [0.25, 0.3) is 10.9 Å². The van der Waals surface area contributed by atoms with Crippen molar-refractivity contribution < 1.29 is 4.79 Å². The lowest BCUT2D eigenvalue weighted by Crippen LogP contribution is -2.30. The second-order valence-corrected chi connectivity index (χ2v) is 6.98. The summed E-state index contributed by atoms with van der Waals surface area (Å²) in [7, 11) is 1.83. The van der Waals surface area contributed by atoms with Crippen LogP contribution in [0.1, 0.15) is 33.9 Å². The SMILES string of the molecule is Cc1nc2ccc(Cl)cc2cc1C(=O)N(C)[C@H](C)c1cccs1. The van der Waals surface area contributed by atoms with E-state index < -0.39 is 0 Å². The summed E-state index contributed by atoms with van der Waals surface area (Å²) in [5, 5.41) is 3.54. The van der Waals surface area contributed by atoms with Gasteiger partial charge in [-0.25, -0.2) is 0 Å². The molecule has 0 aliphatic heterocycles. The summed E-state index contributed by atoms with van der Waals surface area (Å²) >= 11 is 7.70. The molecule has 0 aliphatic carbocycles. The fourth-order valence-corrected chi connectivity index (χ4v) is 3.55. The number of rotatable bonds is 3. The number of carbonyl (C=O) groups excluding carboxylic acids is 1. The minimum absolute atomic E-state index is 0.0250. The number of pyridine rings is 1. The van der Waals surface area contributed by atoms with Crippen LogP contribution in [-0.2, 0) is 0 Å². The second kappa shape index (κ2) is 6.30. The maximum absolute atomic E-state index is 12.9. The lowest BCUT2D eigenvalue weighted by atomic mass is 10.1. The van der Waals surface area contributed by atoms with Crippen LogP contribution in [0.2, 0.25) is 5.02 Å². The maximum atomic E-state index is 12.9. The minimum Gasteiger partial charge on any atom is -0.334 e. The van der Waals surface area contributed by atoms with Crippen LogP contribution in [0, 0.1) is 6.92 Å². The van der Waals surface area contributed by atoms with E-state index in [1.807, 2.05) is 62.7 Å². The number of aryl methyl sites for hydroxylation is 1. The normalized spacial score (nSPS) is 12.3. The van der Waals surface area contributed by atoms with Gasteiger partial charge in [0.2, 0.25) is 0 Å². The van der Waals surface area contributed by atoms with E-state index in [-0.39, 0.29) is 11.9 Å². The average Bonchev–Trinajstić information content (AvgIpc) is 3.07. The molecular weight excluding hydrogens is 328 g/mol. The van der Waals surface area contributed by atoms with Gasteiger partial charge in [0.15, 0.2) is 0 Å². The van der Waals surface area contributed by atoms with Crippen molar-refractivity contribution >= 4 is 39.7 Å². The highest BCUT2D eigenvalue weighted by atomic mass is 35.5. The van der Waals surface area contributed by atoms with Gasteiger partial charge >= 0.3 is 0 Å². The van der Waals surface area contributed by atoms with Gasteiger partial charge in [-0.2, -0.15) is 0 Å². The predicted molar refractivity (Wildman–Crippen MR) is 96.3 cm³/mol. The van der Waals surface area contributed by atoms with E-state index in [0.29, 0.717) is 10.6 Å². The first-order chi connectivity index (χ1) is 11.0. The predicted octanol–water partition coefficient (Wildman–Crippen LogP) is 5.09. The van der Waals surface area contributed by atoms with Gasteiger partial charge in [-0.05, 0) is 49.6 Å². The van der Waals surface area contributed by atoms with Crippen LogP contribution in [0.3, 0.4) is 0 Å². The number of thiophene rings is 1. The fourth-order valence-electron chi connectivity index (χ4n) is 2.55. The van der Waals surface area contributed by atoms with Crippen molar-refractivity contribution in [2.75, 3.05) is 7.05 Å². The molecule has 3 nitrogen and oxygen atoms in total. The van der Waals surface area contributed by atoms with Gasteiger partial charge in [-0.1, -0.05) is 17.7 Å².